The first-order chi connectivity index (χ1) is 10.0. The molecule has 5 heteroatoms. The second-order valence-electron chi connectivity index (χ2n) is 4.49. The van der Waals surface area contributed by atoms with Crippen molar-refractivity contribution in [2.45, 2.75) is 13.8 Å². The summed E-state index contributed by atoms with van der Waals surface area (Å²) >= 11 is 11.9. The van der Waals surface area contributed by atoms with E-state index in [0.29, 0.717) is 33.7 Å². The normalized spacial score (nSPS) is 10.3. The molecule has 0 aliphatic carbocycles. The van der Waals surface area contributed by atoms with Crippen LogP contribution in [-0.2, 0) is 0 Å². The molecule has 2 aromatic rings. The Labute approximate surface area is 133 Å². The summed E-state index contributed by atoms with van der Waals surface area (Å²) in [5.74, 6) is 0.213. The zero-order chi connectivity index (χ0) is 15.4. The van der Waals surface area contributed by atoms with Crippen molar-refractivity contribution in [2.75, 3.05) is 11.9 Å². The second kappa shape index (κ2) is 6.83. The van der Waals surface area contributed by atoms with Gasteiger partial charge in [0, 0.05) is 15.7 Å². The van der Waals surface area contributed by atoms with E-state index in [2.05, 4.69) is 5.32 Å². The van der Waals surface area contributed by atoms with Gasteiger partial charge in [-0.05, 0) is 49.7 Å². The molecule has 0 aliphatic rings. The number of amides is 1. The van der Waals surface area contributed by atoms with E-state index < -0.39 is 0 Å². The number of anilines is 1. The predicted octanol–water partition coefficient (Wildman–Crippen LogP) is 4.95. The minimum Gasteiger partial charge on any atom is -0.493 e. The molecule has 21 heavy (non-hydrogen) atoms. The lowest BCUT2D eigenvalue weighted by Gasteiger charge is -2.12. The molecule has 3 nitrogen and oxygen atoms in total. The maximum Gasteiger partial charge on any atom is 0.259 e. The Balaban J connectivity index is 2.31. The fourth-order valence-corrected chi connectivity index (χ4v) is 2.22. The molecule has 0 aromatic heterocycles. The van der Waals surface area contributed by atoms with E-state index in [1.54, 1.807) is 30.3 Å². The Morgan fingerprint density at radius 1 is 1.14 bits per heavy atom. The molecule has 1 amide bonds. The summed E-state index contributed by atoms with van der Waals surface area (Å²) in [5.41, 5.74) is 1.98. The quantitative estimate of drug-likeness (QED) is 0.864. The highest BCUT2D eigenvalue weighted by Gasteiger charge is 2.14. The Hall–Kier alpha value is -1.71. The molecular formula is C16H15Cl2NO2. The van der Waals surface area contributed by atoms with Crippen molar-refractivity contribution < 1.29 is 9.53 Å². The fraction of sp³-hybridized carbons (Fsp3) is 0.188. The predicted molar refractivity (Wildman–Crippen MR) is 86.8 cm³/mol. The van der Waals surface area contributed by atoms with Crippen molar-refractivity contribution in [3.05, 3.63) is 57.6 Å². The van der Waals surface area contributed by atoms with Gasteiger partial charge in [-0.3, -0.25) is 4.79 Å². The average molecular weight is 324 g/mol. The van der Waals surface area contributed by atoms with Gasteiger partial charge in [-0.25, -0.2) is 0 Å². The number of halogens is 2. The smallest absolute Gasteiger partial charge is 0.259 e. The largest absolute Gasteiger partial charge is 0.493 e. The molecule has 0 spiro atoms. The number of carbonyl (C=O) groups excluding carboxylic acids is 1. The van der Waals surface area contributed by atoms with Crippen molar-refractivity contribution in [3.63, 3.8) is 0 Å². The van der Waals surface area contributed by atoms with Crippen LogP contribution < -0.4 is 10.1 Å². The van der Waals surface area contributed by atoms with Gasteiger partial charge in [-0.1, -0.05) is 29.3 Å². The molecule has 1 N–H and O–H groups in total. The summed E-state index contributed by atoms with van der Waals surface area (Å²) in [5, 5.41) is 3.87. The van der Waals surface area contributed by atoms with Crippen molar-refractivity contribution in [1.82, 2.24) is 0 Å². The lowest BCUT2D eigenvalue weighted by Crippen LogP contribution is -2.14. The first kappa shape index (κ1) is 15.7. The van der Waals surface area contributed by atoms with Crippen LogP contribution in [0, 0.1) is 6.92 Å². The van der Waals surface area contributed by atoms with Crippen molar-refractivity contribution in [3.8, 4) is 5.75 Å². The third-order valence-electron chi connectivity index (χ3n) is 2.93. The molecular weight excluding hydrogens is 309 g/mol. The molecule has 0 radical (unpaired) electrons. The number of hydrogen-bond donors (Lipinski definition) is 1. The summed E-state index contributed by atoms with van der Waals surface area (Å²) < 4.78 is 5.46. The molecule has 0 saturated heterocycles. The van der Waals surface area contributed by atoms with Crippen LogP contribution in [0.15, 0.2) is 36.4 Å². The van der Waals surface area contributed by atoms with E-state index >= 15 is 0 Å². The third-order valence-corrected chi connectivity index (χ3v) is 3.40. The van der Waals surface area contributed by atoms with Crippen LogP contribution >= 0.6 is 23.2 Å². The van der Waals surface area contributed by atoms with E-state index in [1.807, 2.05) is 19.9 Å². The molecule has 110 valence electrons. The molecule has 0 heterocycles. The van der Waals surface area contributed by atoms with E-state index in [9.17, 15) is 4.79 Å². The van der Waals surface area contributed by atoms with Gasteiger partial charge in [0.2, 0.25) is 0 Å². The summed E-state index contributed by atoms with van der Waals surface area (Å²) in [4.78, 5) is 12.4. The number of carbonyl (C=O) groups is 1. The van der Waals surface area contributed by atoms with Crippen LogP contribution in [0.1, 0.15) is 22.8 Å². The van der Waals surface area contributed by atoms with Crippen molar-refractivity contribution in [2.24, 2.45) is 0 Å². The van der Waals surface area contributed by atoms with Crippen LogP contribution in [0.5, 0.6) is 5.75 Å². The minimum absolute atomic E-state index is 0.286. The Kier molecular flexibility index (Phi) is 5.10. The van der Waals surface area contributed by atoms with Gasteiger partial charge in [-0.2, -0.15) is 0 Å². The Morgan fingerprint density at radius 3 is 2.52 bits per heavy atom. The SMILES string of the molecule is CCOc1ccc(Cl)cc1C(=O)Nc1cc(Cl)ccc1C. The highest BCUT2D eigenvalue weighted by molar-refractivity contribution is 6.31. The number of rotatable bonds is 4. The zero-order valence-electron chi connectivity index (χ0n) is 11.7. The van der Waals surface area contributed by atoms with Gasteiger partial charge in [0.1, 0.15) is 5.75 Å². The highest BCUT2D eigenvalue weighted by Crippen LogP contribution is 2.26. The van der Waals surface area contributed by atoms with E-state index in [1.165, 1.54) is 0 Å². The van der Waals surface area contributed by atoms with Crippen LogP contribution in [-0.4, -0.2) is 12.5 Å². The highest BCUT2D eigenvalue weighted by atomic mass is 35.5. The lowest BCUT2D eigenvalue weighted by molar-refractivity contribution is 0.102. The summed E-state index contributed by atoms with van der Waals surface area (Å²) in [6.07, 6.45) is 0. The molecule has 0 aliphatic heterocycles. The van der Waals surface area contributed by atoms with Crippen LogP contribution in [0.3, 0.4) is 0 Å². The van der Waals surface area contributed by atoms with Crippen LogP contribution in [0.25, 0.3) is 0 Å². The topological polar surface area (TPSA) is 38.3 Å². The summed E-state index contributed by atoms with van der Waals surface area (Å²) in [7, 11) is 0. The molecule has 0 saturated carbocycles. The van der Waals surface area contributed by atoms with Crippen LogP contribution in [0.4, 0.5) is 5.69 Å². The monoisotopic (exact) mass is 323 g/mol. The van der Waals surface area contributed by atoms with Gasteiger partial charge in [0.05, 0.1) is 12.2 Å². The molecule has 0 unspecified atom stereocenters. The first-order valence-electron chi connectivity index (χ1n) is 6.51. The van der Waals surface area contributed by atoms with E-state index in [-0.39, 0.29) is 5.91 Å². The van der Waals surface area contributed by atoms with Crippen molar-refractivity contribution >= 4 is 34.8 Å². The number of benzene rings is 2. The second-order valence-corrected chi connectivity index (χ2v) is 5.36. The standard InChI is InChI=1S/C16H15Cl2NO2/c1-3-21-15-7-6-11(17)8-13(15)16(20)19-14-9-12(18)5-4-10(14)2/h4-9H,3H2,1-2H3,(H,19,20). The number of ether oxygens (including phenoxy) is 1. The minimum atomic E-state index is -0.286. The number of aryl methyl sites for hydroxylation is 1. The molecule has 0 atom stereocenters. The summed E-state index contributed by atoms with van der Waals surface area (Å²) in [6.45, 7) is 4.23. The lowest BCUT2D eigenvalue weighted by atomic mass is 10.1. The Morgan fingerprint density at radius 2 is 1.81 bits per heavy atom. The number of nitrogens with one attached hydrogen (secondary N) is 1. The van der Waals surface area contributed by atoms with E-state index in [0.717, 1.165) is 5.56 Å². The molecule has 2 aromatic carbocycles. The Bertz CT molecular complexity index is 671. The first-order valence-corrected chi connectivity index (χ1v) is 7.26. The molecule has 2 rings (SSSR count). The molecule has 0 bridgehead atoms. The van der Waals surface area contributed by atoms with Gasteiger partial charge < -0.3 is 10.1 Å². The van der Waals surface area contributed by atoms with E-state index in [4.69, 9.17) is 27.9 Å². The fourth-order valence-electron chi connectivity index (χ4n) is 1.88. The third kappa shape index (κ3) is 3.90. The van der Waals surface area contributed by atoms with Crippen molar-refractivity contribution in [1.29, 1.82) is 0 Å². The van der Waals surface area contributed by atoms with Gasteiger partial charge in [-0.15, -0.1) is 0 Å². The van der Waals surface area contributed by atoms with Gasteiger partial charge >= 0.3 is 0 Å². The maximum absolute atomic E-state index is 12.4. The average Bonchev–Trinajstić information content (AvgIpc) is 2.45. The zero-order valence-corrected chi connectivity index (χ0v) is 13.3. The summed E-state index contributed by atoms with van der Waals surface area (Å²) in [6, 6.07) is 10.3. The maximum atomic E-state index is 12.4. The van der Waals surface area contributed by atoms with Gasteiger partial charge in [0.15, 0.2) is 0 Å². The van der Waals surface area contributed by atoms with Gasteiger partial charge in [0.25, 0.3) is 5.91 Å². The molecule has 0 fully saturated rings. The number of hydrogen-bond acceptors (Lipinski definition) is 2. The van der Waals surface area contributed by atoms with Crippen LogP contribution in [0.2, 0.25) is 10.0 Å².